The average Bonchev–Trinajstić information content (AvgIpc) is 1.81. The highest BCUT2D eigenvalue weighted by Gasteiger charge is 2.14. The van der Waals surface area contributed by atoms with Gasteiger partial charge in [-0.15, -0.1) is 0 Å². The molecule has 0 unspecified atom stereocenters. The summed E-state index contributed by atoms with van der Waals surface area (Å²) in [6.45, 7) is -0.573. The second-order valence-corrected chi connectivity index (χ2v) is 5.29. The number of hydrogen-bond donors (Lipinski definition) is 4. The van der Waals surface area contributed by atoms with Crippen LogP contribution in [0.15, 0.2) is 0 Å². The molecule has 0 saturated carbocycles. The fourth-order valence-corrected chi connectivity index (χ4v) is 0.996. The molecule has 13 heavy (non-hydrogen) atoms. The maximum atomic E-state index is 10.2. The molecule has 0 amide bonds. The van der Waals surface area contributed by atoms with Crippen LogP contribution in [0.3, 0.4) is 0 Å². The molecule has 0 fully saturated rings. The zero-order valence-electron chi connectivity index (χ0n) is 6.44. The molecule has 4 N–H and O–H groups in total. The van der Waals surface area contributed by atoms with Gasteiger partial charge in [-0.3, -0.25) is 9.13 Å². The molecule has 8 nitrogen and oxygen atoms in total. The summed E-state index contributed by atoms with van der Waals surface area (Å²) < 4.78 is 28.8. The van der Waals surface area contributed by atoms with Crippen molar-refractivity contribution in [3.05, 3.63) is 0 Å². The zero-order chi connectivity index (χ0) is 10.5. The van der Waals surface area contributed by atoms with Crippen LogP contribution in [0.2, 0.25) is 0 Å². The van der Waals surface area contributed by atoms with Crippen molar-refractivity contribution in [2.45, 2.75) is 0 Å². The normalized spacial score (nSPS) is 13.2. The maximum Gasteiger partial charge on any atom is 0.351 e. The smallest absolute Gasteiger partial charge is 0.343 e. The van der Waals surface area contributed by atoms with Crippen LogP contribution in [0.25, 0.3) is 0 Å². The summed E-state index contributed by atoms with van der Waals surface area (Å²) in [5.74, 6) is 0. The van der Waals surface area contributed by atoms with Gasteiger partial charge in [-0.1, -0.05) is 0 Å². The van der Waals surface area contributed by atoms with Crippen LogP contribution in [0, 0.1) is 0 Å². The molecule has 0 bridgehead atoms. The van der Waals surface area contributed by atoms with E-state index < -0.39 is 34.7 Å². The van der Waals surface area contributed by atoms with Gasteiger partial charge in [0.15, 0.2) is 12.7 Å². The Morgan fingerprint density at radius 3 is 1.38 bits per heavy atom. The molecule has 0 aliphatic carbocycles. The fourth-order valence-electron chi connectivity index (χ4n) is 0.371. The highest BCUT2D eigenvalue weighted by atomic mass is 31.2. The lowest BCUT2D eigenvalue weighted by Crippen LogP contribution is -2.03. The van der Waals surface area contributed by atoms with Gasteiger partial charge in [0, 0.05) is 0 Å². The van der Waals surface area contributed by atoms with Crippen molar-refractivity contribution in [3.63, 3.8) is 0 Å². The lowest BCUT2D eigenvalue weighted by atomic mass is 11.3. The summed E-state index contributed by atoms with van der Waals surface area (Å²) in [5.41, 5.74) is 0. The topological polar surface area (TPSA) is 134 Å². The van der Waals surface area contributed by atoms with Gasteiger partial charge in [0.2, 0.25) is 0 Å². The molecule has 80 valence electrons. The molecular weight excluding hydrogens is 226 g/mol. The van der Waals surface area contributed by atoms with Crippen LogP contribution < -0.4 is 0 Å². The molecule has 0 aromatic heterocycles. The average molecular weight is 236 g/mol. The summed E-state index contributed by atoms with van der Waals surface area (Å²) in [5, 5.41) is 0. The minimum Gasteiger partial charge on any atom is -0.343 e. The van der Waals surface area contributed by atoms with Crippen LogP contribution in [0.5, 0.6) is 0 Å². The Hall–Kier alpha value is 0.220. The molecule has 0 rings (SSSR count). The SMILES string of the molecule is O=P(O)(O)COCOCP(=O)(O)O. The predicted octanol–water partition coefficient (Wildman–Crippen LogP) is -0.753. The predicted molar refractivity (Wildman–Crippen MR) is 40.9 cm³/mol. The molecular formula is C3H10O8P2. The van der Waals surface area contributed by atoms with Gasteiger partial charge in [0.1, 0.15) is 6.79 Å². The second kappa shape index (κ2) is 5.19. The zero-order valence-corrected chi connectivity index (χ0v) is 8.23. The second-order valence-electron chi connectivity index (χ2n) is 2.11. The van der Waals surface area contributed by atoms with Crippen LogP contribution in [-0.2, 0) is 18.6 Å². The van der Waals surface area contributed by atoms with E-state index in [1.165, 1.54) is 0 Å². The number of rotatable bonds is 6. The molecule has 0 aromatic rings. The first-order valence-corrected chi connectivity index (χ1v) is 6.55. The Balaban J connectivity index is 3.39. The van der Waals surface area contributed by atoms with Crippen molar-refractivity contribution in [1.29, 1.82) is 0 Å². The molecule has 0 atom stereocenters. The highest BCUT2D eigenvalue weighted by Crippen LogP contribution is 2.35. The van der Waals surface area contributed by atoms with Crippen molar-refractivity contribution >= 4 is 15.2 Å². The molecule has 0 aliphatic rings. The molecule has 0 saturated heterocycles. The first-order chi connectivity index (χ1) is 5.71. The van der Waals surface area contributed by atoms with Crippen molar-refractivity contribution in [3.8, 4) is 0 Å². The van der Waals surface area contributed by atoms with E-state index >= 15 is 0 Å². The molecule has 0 radical (unpaired) electrons. The summed E-state index contributed by atoms with van der Waals surface area (Å²) in [6.07, 6.45) is -1.68. The van der Waals surface area contributed by atoms with E-state index in [2.05, 4.69) is 9.47 Å². The molecule has 0 aromatic carbocycles. The first kappa shape index (κ1) is 13.2. The van der Waals surface area contributed by atoms with E-state index in [4.69, 9.17) is 19.6 Å². The van der Waals surface area contributed by atoms with E-state index in [1.54, 1.807) is 0 Å². The first-order valence-electron chi connectivity index (χ1n) is 2.95. The molecule has 0 aliphatic heterocycles. The van der Waals surface area contributed by atoms with Crippen molar-refractivity contribution in [1.82, 2.24) is 0 Å². The van der Waals surface area contributed by atoms with E-state index in [-0.39, 0.29) is 0 Å². The fraction of sp³-hybridized carbons (Fsp3) is 1.00. The Kier molecular flexibility index (Phi) is 5.28. The molecule has 0 heterocycles. The summed E-state index contributed by atoms with van der Waals surface area (Å²) in [4.78, 5) is 33.0. The van der Waals surface area contributed by atoms with E-state index in [0.29, 0.717) is 0 Å². The third-order valence-corrected chi connectivity index (χ3v) is 1.72. The maximum absolute atomic E-state index is 10.2. The monoisotopic (exact) mass is 236 g/mol. The van der Waals surface area contributed by atoms with Crippen LogP contribution in [0.4, 0.5) is 0 Å². The van der Waals surface area contributed by atoms with Gasteiger partial charge in [-0.2, -0.15) is 0 Å². The summed E-state index contributed by atoms with van der Waals surface area (Å²) in [6, 6.07) is 0. The molecule has 10 heteroatoms. The third kappa shape index (κ3) is 12.2. The third-order valence-electron chi connectivity index (χ3n) is 0.686. The minimum atomic E-state index is -4.24. The van der Waals surface area contributed by atoms with Gasteiger partial charge >= 0.3 is 15.2 Å². The number of hydrogen-bond acceptors (Lipinski definition) is 4. The Bertz CT molecular complexity index is 202. The van der Waals surface area contributed by atoms with E-state index in [1.807, 2.05) is 0 Å². The van der Waals surface area contributed by atoms with Crippen LogP contribution in [-0.4, -0.2) is 39.1 Å². The highest BCUT2D eigenvalue weighted by molar-refractivity contribution is 7.51. The van der Waals surface area contributed by atoms with E-state index in [9.17, 15) is 9.13 Å². The molecule has 0 spiro atoms. The number of ether oxygens (including phenoxy) is 2. The summed E-state index contributed by atoms with van der Waals surface area (Å²) >= 11 is 0. The largest absolute Gasteiger partial charge is 0.351 e. The van der Waals surface area contributed by atoms with E-state index in [0.717, 1.165) is 0 Å². The van der Waals surface area contributed by atoms with Crippen molar-refractivity contribution in [2.75, 3.05) is 19.5 Å². The Morgan fingerprint density at radius 2 is 1.15 bits per heavy atom. The van der Waals surface area contributed by atoms with Crippen LogP contribution in [0.1, 0.15) is 0 Å². The van der Waals surface area contributed by atoms with Gasteiger partial charge in [-0.25, -0.2) is 0 Å². The van der Waals surface area contributed by atoms with Gasteiger partial charge in [0.05, 0.1) is 0 Å². The summed E-state index contributed by atoms with van der Waals surface area (Å²) in [7, 11) is -8.49. The Morgan fingerprint density at radius 1 is 0.846 bits per heavy atom. The quantitative estimate of drug-likeness (QED) is 0.269. The van der Waals surface area contributed by atoms with Crippen molar-refractivity contribution < 1.29 is 38.2 Å². The van der Waals surface area contributed by atoms with Gasteiger partial charge in [-0.05, 0) is 0 Å². The van der Waals surface area contributed by atoms with Gasteiger partial charge in [0.25, 0.3) is 0 Å². The standard InChI is InChI=1S/C3H10O8P2/c4-12(5,6)2-10-1-11-3-13(7,8)9/h1-3H2,(H2,4,5,6)(H2,7,8,9). The minimum absolute atomic E-state index is 0.573. The van der Waals surface area contributed by atoms with Crippen molar-refractivity contribution in [2.24, 2.45) is 0 Å². The van der Waals surface area contributed by atoms with Crippen LogP contribution >= 0.6 is 15.2 Å². The lowest BCUT2D eigenvalue weighted by molar-refractivity contribution is -0.0289. The lowest BCUT2D eigenvalue weighted by Gasteiger charge is -2.07. The Labute approximate surface area is 73.8 Å². The van der Waals surface area contributed by atoms with Gasteiger partial charge < -0.3 is 29.0 Å².